The molecule has 0 saturated heterocycles. The van der Waals surface area contributed by atoms with Crippen LogP contribution in [-0.4, -0.2) is 5.91 Å². The quantitative estimate of drug-likeness (QED) is 0.902. The van der Waals surface area contributed by atoms with Crippen molar-refractivity contribution in [1.82, 2.24) is 5.32 Å². The summed E-state index contributed by atoms with van der Waals surface area (Å²) in [7, 11) is 0. The van der Waals surface area contributed by atoms with E-state index >= 15 is 0 Å². The Morgan fingerprint density at radius 3 is 2.39 bits per heavy atom. The largest absolute Gasteiger partial charge is 0.416 e. The summed E-state index contributed by atoms with van der Waals surface area (Å²) in [5, 5.41) is 2.80. The van der Waals surface area contributed by atoms with E-state index in [4.69, 9.17) is 0 Å². The number of amides is 1. The van der Waals surface area contributed by atoms with Gasteiger partial charge in [0.1, 0.15) is 0 Å². The van der Waals surface area contributed by atoms with E-state index in [0.717, 1.165) is 11.6 Å². The van der Waals surface area contributed by atoms with Gasteiger partial charge in [-0.1, -0.05) is 48.5 Å². The van der Waals surface area contributed by atoms with Crippen LogP contribution >= 0.6 is 0 Å². The van der Waals surface area contributed by atoms with E-state index in [1.54, 1.807) is 6.07 Å². The van der Waals surface area contributed by atoms with Gasteiger partial charge < -0.3 is 5.32 Å². The van der Waals surface area contributed by atoms with E-state index in [0.29, 0.717) is 13.0 Å². The van der Waals surface area contributed by atoms with Crippen LogP contribution in [0.3, 0.4) is 0 Å². The van der Waals surface area contributed by atoms with Gasteiger partial charge >= 0.3 is 6.18 Å². The highest BCUT2D eigenvalue weighted by Gasteiger charge is 2.47. The molecule has 3 rings (SSSR count). The van der Waals surface area contributed by atoms with Gasteiger partial charge in [-0.25, -0.2) is 0 Å². The second-order valence-corrected chi connectivity index (χ2v) is 5.74. The van der Waals surface area contributed by atoms with E-state index in [-0.39, 0.29) is 23.3 Å². The third kappa shape index (κ3) is 3.55. The van der Waals surface area contributed by atoms with Crippen LogP contribution in [0.5, 0.6) is 0 Å². The third-order valence-corrected chi connectivity index (χ3v) is 4.10. The highest BCUT2D eigenvalue weighted by Crippen LogP contribution is 2.51. The zero-order valence-electron chi connectivity index (χ0n) is 12.3. The van der Waals surface area contributed by atoms with Gasteiger partial charge in [-0.3, -0.25) is 4.79 Å². The van der Waals surface area contributed by atoms with Crippen molar-refractivity contribution in [2.75, 3.05) is 0 Å². The lowest BCUT2D eigenvalue weighted by Gasteiger charge is -2.12. The predicted octanol–water partition coefficient (Wildman–Crippen LogP) is 4.13. The normalized spacial score (nSPS) is 20.1. The number of hydrogen-bond acceptors (Lipinski definition) is 1. The number of carbonyl (C=O) groups excluding carboxylic acids is 1. The van der Waals surface area contributed by atoms with Crippen LogP contribution in [0.4, 0.5) is 13.2 Å². The SMILES string of the molecule is O=C(NCc1ccccc1)C1CC1c1ccccc1C(F)(F)F. The van der Waals surface area contributed by atoms with Gasteiger partial charge in [-0.05, 0) is 29.5 Å². The first-order valence-corrected chi connectivity index (χ1v) is 7.44. The minimum absolute atomic E-state index is 0.184. The van der Waals surface area contributed by atoms with Crippen LogP contribution in [0, 0.1) is 5.92 Å². The van der Waals surface area contributed by atoms with Crippen LogP contribution in [-0.2, 0) is 17.5 Å². The molecule has 1 amide bonds. The summed E-state index contributed by atoms with van der Waals surface area (Å²) in [4.78, 5) is 12.1. The Hall–Kier alpha value is -2.30. The van der Waals surface area contributed by atoms with Gasteiger partial charge in [0.2, 0.25) is 5.91 Å². The number of benzene rings is 2. The zero-order chi connectivity index (χ0) is 16.4. The van der Waals surface area contributed by atoms with E-state index < -0.39 is 11.7 Å². The molecule has 2 unspecified atom stereocenters. The lowest BCUT2D eigenvalue weighted by molar-refractivity contribution is -0.138. The van der Waals surface area contributed by atoms with Gasteiger partial charge in [0.25, 0.3) is 0 Å². The van der Waals surface area contributed by atoms with Crippen molar-refractivity contribution in [3.8, 4) is 0 Å². The highest BCUT2D eigenvalue weighted by atomic mass is 19.4. The van der Waals surface area contributed by atoms with Crippen LogP contribution in [0.15, 0.2) is 54.6 Å². The van der Waals surface area contributed by atoms with Crippen LogP contribution < -0.4 is 5.32 Å². The molecule has 2 nitrogen and oxygen atoms in total. The Morgan fingerprint density at radius 2 is 1.70 bits per heavy atom. The average Bonchev–Trinajstić information content (AvgIpc) is 3.33. The van der Waals surface area contributed by atoms with Crippen LogP contribution in [0.2, 0.25) is 0 Å². The molecule has 1 aliphatic rings. The summed E-state index contributed by atoms with van der Waals surface area (Å²) in [5.41, 5.74) is 0.553. The third-order valence-electron chi connectivity index (χ3n) is 4.10. The molecule has 2 atom stereocenters. The monoisotopic (exact) mass is 319 g/mol. The van der Waals surface area contributed by atoms with Crippen molar-refractivity contribution in [3.05, 3.63) is 71.3 Å². The van der Waals surface area contributed by atoms with E-state index in [9.17, 15) is 18.0 Å². The maximum absolute atomic E-state index is 13.0. The van der Waals surface area contributed by atoms with Crippen molar-refractivity contribution in [3.63, 3.8) is 0 Å². The van der Waals surface area contributed by atoms with Gasteiger partial charge in [0, 0.05) is 12.5 Å². The molecule has 0 aliphatic heterocycles. The van der Waals surface area contributed by atoms with Crippen molar-refractivity contribution in [1.29, 1.82) is 0 Å². The molecule has 0 radical (unpaired) electrons. The number of hydrogen-bond donors (Lipinski definition) is 1. The summed E-state index contributed by atoms with van der Waals surface area (Å²) in [6, 6.07) is 14.9. The van der Waals surface area contributed by atoms with Gasteiger partial charge in [0.05, 0.1) is 5.56 Å². The minimum atomic E-state index is -4.38. The molecule has 5 heteroatoms. The average molecular weight is 319 g/mol. The van der Waals surface area contributed by atoms with Crippen LogP contribution in [0.25, 0.3) is 0 Å². The van der Waals surface area contributed by atoms with Crippen molar-refractivity contribution >= 4 is 5.91 Å². The number of carbonyl (C=O) groups is 1. The van der Waals surface area contributed by atoms with Crippen molar-refractivity contribution in [2.24, 2.45) is 5.92 Å². The first-order valence-electron chi connectivity index (χ1n) is 7.44. The molecule has 1 N–H and O–H groups in total. The Morgan fingerprint density at radius 1 is 1.04 bits per heavy atom. The summed E-state index contributed by atoms with van der Waals surface area (Å²) >= 11 is 0. The number of nitrogens with one attached hydrogen (secondary N) is 1. The van der Waals surface area contributed by atoms with E-state index in [1.165, 1.54) is 12.1 Å². The number of alkyl halides is 3. The summed E-state index contributed by atoms with van der Waals surface area (Å²) in [5.74, 6) is -0.901. The fourth-order valence-corrected chi connectivity index (χ4v) is 2.82. The lowest BCUT2D eigenvalue weighted by Crippen LogP contribution is -2.25. The maximum atomic E-state index is 13.0. The van der Waals surface area contributed by atoms with Gasteiger partial charge in [-0.2, -0.15) is 13.2 Å². The zero-order valence-corrected chi connectivity index (χ0v) is 12.3. The van der Waals surface area contributed by atoms with E-state index in [2.05, 4.69) is 5.32 Å². The highest BCUT2D eigenvalue weighted by molar-refractivity contribution is 5.83. The van der Waals surface area contributed by atoms with Gasteiger partial charge in [0.15, 0.2) is 0 Å². The fourth-order valence-electron chi connectivity index (χ4n) is 2.82. The Bertz CT molecular complexity index is 697. The molecule has 0 bridgehead atoms. The molecule has 2 aromatic carbocycles. The van der Waals surface area contributed by atoms with Crippen molar-refractivity contribution < 1.29 is 18.0 Å². The van der Waals surface area contributed by atoms with Gasteiger partial charge in [-0.15, -0.1) is 0 Å². The van der Waals surface area contributed by atoms with Crippen molar-refractivity contribution in [2.45, 2.75) is 25.1 Å². The second kappa shape index (κ2) is 6.07. The maximum Gasteiger partial charge on any atom is 0.416 e. The molecule has 0 spiro atoms. The molecule has 120 valence electrons. The molecular formula is C18H16F3NO. The second-order valence-electron chi connectivity index (χ2n) is 5.74. The van der Waals surface area contributed by atoms with E-state index in [1.807, 2.05) is 30.3 Å². The predicted molar refractivity (Wildman–Crippen MR) is 80.6 cm³/mol. The molecule has 1 saturated carbocycles. The Labute approximate surface area is 132 Å². The molecule has 0 heterocycles. The molecule has 2 aromatic rings. The molecule has 1 aliphatic carbocycles. The molecular weight excluding hydrogens is 303 g/mol. The molecule has 23 heavy (non-hydrogen) atoms. The summed E-state index contributed by atoms with van der Waals surface area (Å²) in [6.07, 6.45) is -3.92. The lowest BCUT2D eigenvalue weighted by atomic mass is 10.0. The first kappa shape index (κ1) is 15.6. The summed E-state index contributed by atoms with van der Waals surface area (Å²) < 4.78 is 39.1. The Kier molecular flexibility index (Phi) is 4.11. The summed E-state index contributed by atoms with van der Waals surface area (Å²) in [6.45, 7) is 0.393. The first-order chi connectivity index (χ1) is 11.0. The fraction of sp³-hybridized carbons (Fsp3) is 0.278. The van der Waals surface area contributed by atoms with Crippen LogP contribution in [0.1, 0.15) is 29.0 Å². The minimum Gasteiger partial charge on any atom is -0.352 e. The molecule has 0 aromatic heterocycles. The molecule has 1 fully saturated rings. The number of halogens is 3. The number of rotatable bonds is 4. The Balaban J connectivity index is 1.65. The smallest absolute Gasteiger partial charge is 0.352 e. The standard InChI is InChI=1S/C18H16F3NO/c19-18(20,21)16-9-5-4-8-13(16)14-10-15(14)17(23)22-11-12-6-2-1-3-7-12/h1-9,14-15H,10-11H2,(H,22,23). The topological polar surface area (TPSA) is 29.1 Å².